The molecule has 3 heterocycles. The Bertz CT molecular complexity index is 1090. The summed E-state index contributed by atoms with van der Waals surface area (Å²) in [5.41, 5.74) is 2.67. The van der Waals surface area contributed by atoms with Gasteiger partial charge in [0.15, 0.2) is 16.4 Å². The first kappa shape index (κ1) is 14.8. The van der Waals surface area contributed by atoms with Gasteiger partial charge < -0.3 is 8.98 Å². The fourth-order valence-electron chi connectivity index (χ4n) is 2.88. The number of benzene rings is 1. The molecule has 0 fully saturated rings. The molecule has 0 bridgehead atoms. The van der Waals surface area contributed by atoms with E-state index < -0.39 is 0 Å². The van der Waals surface area contributed by atoms with E-state index in [1.165, 1.54) is 0 Å². The number of furan rings is 1. The smallest absolute Gasteiger partial charge is 0.195 e. The molecule has 3 aromatic heterocycles. The minimum absolute atomic E-state index is 0.615. The molecule has 0 unspecified atom stereocenters. The molecule has 1 N–H and O–H groups in total. The van der Waals surface area contributed by atoms with Crippen LogP contribution in [-0.2, 0) is 6.54 Å². The van der Waals surface area contributed by atoms with Gasteiger partial charge in [-0.05, 0) is 50.3 Å². The standard InChI is InChI=1S/C18H16N4OS/c1-3-22-17(20-21-18(22)24)13-10-15(16-9-8-11(2)23-16)19-14-7-5-4-6-12(13)14/h4-10H,3H2,1-2H3,(H,21,24). The molecule has 5 nitrogen and oxygen atoms in total. The van der Waals surface area contributed by atoms with E-state index in [0.717, 1.165) is 46.0 Å². The summed E-state index contributed by atoms with van der Waals surface area (Å²) in [6.45, 7) is 4.72. The number of aryl methyl sites for hydroxylation is 1. The lowest BCUT2D eigenvalue weighted by Crippen LogP contribution is -1.99. The predicted molar refractivity (Wildman–Crippen MR) is 96.3 cm³/mol. The van der Waals surface area contributed by atoms with Gasteiger partial charge in [0.1, 0.15) is 11.5 Å². The number of hydrogen-bond acceptors (Lipinski definition) is 4. The number of nitrogens with zero attached hydrogens (tertiary/aromatic N) is 3. The Morgan fingerprint density at radius 3 is 2.79 bits per heavy atom. The minimum Gasteiger partial charge on any atom is -0.460 e. The van der Waals surface area contributed by atoms with E-state index in [9.17, 15) is 0 Å². The van der Waals surface area contributed by atoms with E-state index in [4.69, 9.17) is 21.6 Å². The third-order valence-corrected chi connectivity index (χ3v) is 4.34. The zero-order chi connectivity index (χ0) is 16.7. The van der Waals surface area contributed by atoms with Gasteiger partial charge in [0, 0.05) is 17.5 Å². The molecule has 120 valence electrons. The van der Waals surface area contributed by atoms with Gasteiger partial charge >= 0.3 is 0 Å². The summed E-state index contributed by atoms with van der Waals surface area (Å²) < 4.78 is 8.35. The first-order valence-electron chi connectivity index (χ1n) is 7.79. The maximum Gasteiger partial charge on any atom is 0.195 e. The fraction of sp³-hybridized carbons (Fsp3) is 0.167. The van der Waals surface area contributed by atoms with Crippen molar-refractivity contribution in [2.75, 3.05) is 0 Å². The van der Waals surface area contributed by atoms with Gasteiger partial charge in [-0.25, -0.2) is 4.98 Å². The number of para-hydroxylation sites is 1. The first-order chi connectivity index (χ1) is 11.7. The molecule has 0 saturated carbocycles. The summed E-state index contributed by atoms with van der Waals surface area (Å²) in [6.07, 6.45) is 0. The zero-order valence-corrected chi connectivity index (χ0v) is 14.2. The van der Waals surface area contributed by atoms with Crippen LogP contribution in [0.15, 0.2) is 46.9 Å². The van der Waals surface area contributed by atoms with E-state index in [0.29, 0.717) is 4.77 Å². The average Bonchev–Trinajstić information content (AvgIpc) is 3.19. The lowest BCUT2D eigenvalue weighted by atomic mass is 10.1. The molecule has 0 amide bonds. The Morgan fingerprint density at radius 2 is 2.04 bits per heavy atom. The molecule has 0 atom stereocenters. The number of aromatic amines is 1. The van der Waals surface area contributed by atoms with Crippen LogP contribution in [-0.4, -0.2) is 19.7 Å². The van der Waals surface area contributed by atoms with Crippen LogP contribution in [0, 0.1) is 11.7 Å². The summed E-state index contributed by atoms with van der Waals surface area (Å²) in [6, 6.07) is 13.9. The van der Waals surface area contributed by atoms with E-state index in [1.54, 1.807) is 0 Å². The maximum atomic E-state index is 5.75. The Kier molecular flexibility index (Phi) is 3.54. The quantitative estimate of drug-likeness (QED) is 0.549. The van der Waals surface area contributed by atoms with Gasteiger partial charge in [-0.2, -0.15) is 5.10 Å². The molecular formula is C18H16N4OS. The van der Waals surface area contributed by atoms with Gasteiger partial charge in [-0.3, -0.25) is 5.10 Å². The van der Waals surface area contributed by atoms with E-state index in [-0.39, 0.29) is 0 Å². The highest BCUT2D eigenvalue weighted by molar-refractivity contribution is 7.71. The van der Waals surface area contributed by atoms with Gasteiger partial charge in [-0.1, -0.05) is 18.2 Å². The van der Waals surface area contributed by atoms with Crippen molar-refractivity contribution >= 4 is 23.1 Å². The van der Waals surface area contributed by atoms with Gasteiger partial charge in [0.05, 0.1) is 5.52 Å². The number of pyridine rings is 1. The Labute approximate surface area is 144 Å². The first-order valence-corrected chi connectivity index (χ1v) is 8.20. The van der Waals surface area contributed by atoms with E-state index >= 15 is 0 Å². The number of H-pyrrole nitrogens is 1. The molecule has 6 heteroatoms. The molecule has 1 aromatic carbocycles. The Balaban J connectivity index is 2.04. The molecule has 4 aromatic rings. The third kappa shape index (κ3) is 2.35. The molecule has 4 rings (SSSR count). The highest BCUT2D eigenvalue weighted by atomic mass is 32.1. The SMILES string of the molecule is CCn1c(-c2cc(-c3ccc(C)o3)nc3ccccc23)n[nH]c1=S. The van der Waals surface area contributed by atoms with Gasteiger partial charge in [0.25, 0.3) is 0 Å². The van der Waals surface area contributed by atoms with Crippen molar-refractivity contribution < 1.29 is 4.42 Å². The number of rotatable bonds is 3. The topological polar surface area (TPSA) is 59.6 Å². The van der Waals surface area contributed by atoms with Gasteiger partial charge in [-0.15, -0.1) is 0 Å². The summed E-state index contributed by atoms with van der Waals surface area (Å²) in [5, 5.41) is 8.36. The monoisotopic (exact) mass is 336 g/mol. The van der Waals surface area contributed by atoms with Crippen LogP contribution >= 0.6 is 12.2 Å². The number of aromatic nitrogens is 4. The van der Waals surface area contributed by atoms with Crippen LogP contribution in [0.3, 0.4) is 0 Å². The van der Waals surface area contributed by atoms with E-state index in [2.05, 4.69) is 17.1 Å². The minimum atomic E-state index is 0.615. The second kappa shape index (κ2) is 5.72. The molecule has 0 aliphatic rings. The molecule has 24 heavy (non-hydrogen) atoms. The van der Waals surface area contributed by atoms with Crippen LogP contribution in [0.5, 0.6) is 0 Å². The number of hydrogen-bond donors (Lipinski definition) is 1. The fourth-order valence-corrected chi connectivity index (χ4v) is 3.14. The molecule has 0 radical (unpaired) electrons. The number of nitrogens with one attached hydrogen (secondary N) is 1. The van der Waals surface area contributed by atoms with Crippen molar-refractivity contribution in [2.45, 2.75) is 20.4 Å². The molecular weight excluding hydrogens is 320 g/mol. The highest BCUT2D eigenvalue weighted by Crippen LogP contribution is 2.31. The molecule has 0 saturated heterocycles. The highest BCUT2D eigenvalue weighted by Gasteiger charge is 2.15. The van der Waals surface area contributed by atoms with Crippen molar-refractivity contribution in [3.8, 4) is 22.8 Å². The molecule has 0 spiro atoms. The third-order valence-electron chi connectivity index (χ3n) is 4.02. The summed E-state index contributed by atoms with van der Waals surface area (Å²) >= 11 is 5.34. The molecule has 0 aliphatic heterocycles. The van der Waals surface area contributed by atoms with Crippen molar-refractivity contribution in [1.29, 1.82) is 0 Å². The Morgan fingerprint density at radius 1 is 1.21 bits per heavy atom. The summed E-state index contributed by atoms with van der Waals surface area (Å²) in [7, 11) is 0. The predicted octanol–water partition coefficient (Wildman–Crippen LogP) is 4.74. The van der Waals surface area contributed by atoms with E-state index in [1.807, 2.05) is 54.0 Å². The van der Waals surface area contributed by atoms with Crippen molar-refractivity contribution in [1.82, 2.24) is 19.7 Å². The van der Waals surface area contributed by atoms with Crippen molar-refractivity contribution in [3.05, 3.63) is 53.0 Å². The second-order valence-corrected chi connectivity index (χ2v) is 5.97. The molecule has 0 aliphatic carbocycles. The lowest BCUT2D eigenvalue weighted by molar-refractivity contribution is 0.546. The number of fused-ring (bicyclic) bond motifs is 1. The lowest BCUT2D eigenvalue weighted by Gasteiger charge is -2.09. The zero-order valence-electron chi connectivity index (χ0n) is 13.4. The summed E-state index contributed by atoms with van der Waals surface area (Å²) in [4.78, 5) is 4.74. The van der Waals surface area contributed by atoms with Crippen molar-refractivity contribution in [3.63, 3.8) is 0 Å². The van der Waals surface area contributed by atoms with Crippen LogP contribution < -0.4 is 0 Å². The average molecular weight is 336 g/mol. The van der Waals surface area contributed by atoms with Crippen molar-refractivity contribution in [2.24, 2.45) is 0 Å². The maximum absolute atomic E-state index is 5.75. The van der Waals surface area contributed by atoms with Crippen LogP contribution in [0.25, 0.3) is 33.7 Å². The van der Waals surface area contributed by atoms with Crippen LogP contribution in [0.1, 0.15) is 12.7 Å². The van der Waals surface area contributed by atoms with Gasteiger partial charge in [0.2, 0.25) is 0 Å². The largest absolute Gasteiger partial charge is 0.460 e. The van der Waals surface area contributed by atoms with Crippen LogP contribution in [0.4, 0.5) is 0 Å². The summed E-state index contributed by atoms with van der Waals surface area (Å²) in [5.74, 6) is 2.42. The Hall–Kier alpha value is -2.73. The van der Waals surface area contributed by atoms with Crippen LogP contribution in [0.2, 0.25) is 0 Å². The second-order valence-electron chi connectivity index (χ2n) is 5.58. The normalized spacial score (nSPS) is 11.2.